The van der Waals surface area contributed by atoms with Crippen LogP contribution in [0, 0.1) is 0 Å². The number of aromatic nitrogens is 2. The fourth-order valence-corrected chi connectivity index (χ4v) is 2.05. The van der Waals surface area contributed by atoms with Crippen LogP contribution in [0.25, 0.3) is 0 Å². The fourth-order valence-electron chi connectivity index (χ4n) is 2.05. The predicted octanol–water partition coefficient (Wildman–Crippen LogP) is 2.03. The number of hydrogen-bond donors (Lipinski definition) is 1. The number of nitrogens with zero attached hydrogens (tertiary/aromatic N) is 4. The van der Waals surface area contributed by atoms with E-state index in [4.69, 9.17) is 0 Å². The van der Waals surface area contributed by atoms with Gasteiger partial charge in [-0.15, -0.1) is 9.35 Å². The summed E-state index contributed by atoms with van der Waals surface area (Å²) in [4.78, 5) is 0. The minimum absolute atomic E-state index is 0.111. The summed E-state index contributed by atoms with van der Waals surface area (Å²) in [7, 11) is 0. The van der Waals surface area contributed by atoms with Crippen LogP contribution in [0.5, 0.6) is 0 Å². The molecule has 0 unspecified atom stereocenters. The molecule has 0 bridgehead atoms. The van der Waals surface area contributed by atoms with Crippen LogP contribution in [-0.4, -0.2) is 22.2 Å². The molecule has 0 saturated carbocycles. The molecule has 0 spiro atoms. The Kier molecular flexibility index (Phi) is 4.71. The molecular formula is C18H17N4O+. The number of imidazole rings is 1. The summed E-state index contributed by atoms with van der Waals surface area (Å²) in [6.45, 7) is -0.111. The molecule has 0 aliphatic heterocycles. The van der Waals surface area contributed by atoms with E-state index in [1.54, 1.807) is 34.3 Å². The first-order valence-corrected chi connectivity index (χ1v) is 7.27. The molecule has 0 aliphatic carbocycles. The van der Waals surface area contributed by atoms with Gasteiger partial charge in [0, 0.05) is 0 Å². The molecule has 0 radical (unpaired) electrons. The van der Waals surface area contributed by atoms with E-state index < -0.39 is 0 Å². The third-order valence-corrected chi connectivity index (χ3v) is 3.24. The van der Waals surface area contributed by atoms with Gasteiger partial charge in [0.2, 0.25) is 0 Å². The highest BCUT2D eigenvalue weighted by Gasteiger charge is 2.11. The van der Waals surface area contributed by atoms with Gasteiger partial charge in [-0.25, -0.2) is 0 Å². The molecule has 1 N–H and O–H groups in total. The molecule has 114 valence electrons. The van der Waals surface area contributed by atoms with Crippen molar-refractivity contribution in [2.24, 2.45) is 10.2 Å². The van der Waals surface area contributed by atoms with Gasteiger partial charge in [-0.1, -0.05) is 70.9 Å². The van der Waals surface area contributed by atoms with Crippen LogP contribution in [-0.2, 0) is 6.61 Å². The maximum atomic E-state index is 9.45. The lowest BCUT2D eigenvalue weighted by Crippen LogP contribution is -2.24. The van der Waals surface area contributed by atoms with Gasteiger partial charge in [-0.3, -0.25) is 0 Å². The first kappa shape index (κ1) is 14.9. The molecule has 0 saturated heterocycles. The molecule has 3 rings (SSSR count). The fraction of sp³-hybridized carbons (Fsp3) is 0.0556. The van der Waals surface area contributed by atoms with Crippen molar-refractivity contribution < 1.29 is 9.78 Å². The van der Waals surface area contributed by atoms with Crippen LogP contribution in [0.2, 0.25) is 0 Å². The van der Waals surface area contributed by atoms with Crippen LogP contribution in [0.1, 0.15) is 16.8 Å². The molecule has 3 aromatic rings. The summed E-state index contributed by atoms with van der Waals surface area (Å²) in [5.41, 5.74) is 2.65. The third kappa shape index (κ3) is 3.99. The van der Waals surface area contributed by atoms with Crippen LogP contribution in [0.15, 0.2) is 83.4 Å². The summed E-state index contributed by atoms with van der Waals surface area (Å²) in [6, 6.07) is 19.6. The van der Waals surface area contributed by atoms with E-state index in [-0.39, 0.29) is 6.61 Å². The van der Waals surface area contributed by atoms with Gasteiger partial charge in [0.05, 0.1) is 12.4 Å². The van der Waals surface area contributed by atoms with E-state index in [9.17, 15) is 5.11 Å². The molecule has 5 nitrogen and oxygen atoms in total. The van der Waals surface area contributed by atoms with E-state index in [1.165, 1.54) is 0 Å². The van der Waals surface area contributed by atoms with Gasteiger partial charge in [0.1, 0.15) is 6.61 Å². The quantitative estimate of drug-likeness (QED) is 0.569. The second kappa shape index (κ2) is 7.29. The number of rotatable bonds is 5. The van der Waals surface area contributed by atoms with Crippen LogP contribution >= 0.6 is 0 Å². The van der Waals surface area contributed by atoms with E-state index in [0.717, 1.165) is 11.1 Å². The van der Waals surface area contributed by atoms with Gasteiger partial charge < -0.3 is 5.11 Å². The summed E-state index contributed by atoms with van der Waals surface area (Å²) < 4.78 is 3.23. The second-order valence-electron chi connectivity index (χ2n) is 4.93. The van der Waals surface area contributed by atoms with Crippen molar-refractivity contribution in [1.82, 2.24) is 4.68 Å². The topological polar surface area (TPSA) is 53.8 Å². The van der Waals surface area contributed by atoms with Crippen molar-refractivity contribution in [3.8, 4) is 0 Å². The van der Waals surface area contributed by atoms with Crippen LogP contribution in [0.3, 0.4) is 0 Å². The van der Waals surface area contributed by atoms with E-state index >= 15 is 0 Å². The smallest absolute Gasteiger partial charge is 0.295 e. The Bertz CT molecular complexity index is 808. The first-order chi connectivity index (χ1) is 11.3. The molecule has 0 fully saturated rings. The second-order valence-corrected chi connectivity index (χ2v) is 4.93. The molecule has 1 heterocycles. The lowest BCUT2D eigenvalue weighted by Gasteiger charge is -1.90. The zero-order valence-electron chi connectivity index (χ0n) is 12.5. The van der Waals surface area contributed by atoms with Gasteiger partial charge in [-0.2, -0.15) is 0 Å². The minimum atomic E-state index is -0.111. The number of hydrogen-bond acceptors (Lipinski definition) is 3. The normalized spacial score (nSPS) is 11.5. The van der Waals surface area contributed by atoms with Crippen LogP contribution in [0.4, 0.5) is 0 Å². The SMILES string of the molecule is OCc1c[n+](/N=C/c2ccccc2)cn1/N=C/c1ccccc1. The Hall–Kier alpha value is -3.05. The van der Waals surface area contributed by atoms with Crippen molar-refractivity contribution in [3.05, 3.63) is 90.0 Å². The number of aliphatic hydroxyl groups is 1. The lowest BCUT2D eigenvalue weighted by atomic mass is 10.2. The average molecular weight is 305 g/mol. The maximum Gasteiger partial charge on any atom is 0.295 e. The number of aliphatic hydroxyl groups excluding tert-OH is 1. The summed E-state index contributed by atoms with van der Waals surface area (Å²) in [5.74, 6) is 0. The Balaban J connectivity index is 1.81. The lowest BCUT2D eigenvalue weighted by molar-refractivity contribution is -0.677. The summed E-state index contributed by atoms with van der Waals surface area (Å²) in [6.07, 6.45) is 6.95. The standard InChI is InChI=1S/C18H17N4O/c23-14-18-13-21(19-11-16-7-3-1-4-8-16)15-22(18)20-12-17-9-5-2-6-10-17/h1-13,15,23H,14H2/q+1/b19-11+,20-12+. The average Bonchev–Trinajstić information content (AvgIpc) is 3.02. The van der Waals surface area contributed by atoms with Gasteiger partial charge in [0.25, 0.3) is 6.33 Å². The highest BCUT2D eigenvalue weighted by atomic mass is 16.3. The van der Waals surface area contributed by atoms with Gasteiger partial charge in [0.15, 0.2) is 11.9 Å². The van der Waals surface area contributed by atoms with Crippen molar-refractivity contribution in [1.29, 1.82) is 0 Å². The molecule has 5 heteroatoms. The molecule has 0 atom stereocenters. The van der Waals surface area contributed by atoms with E-state index in [2.05, 4.69) is 10.2 Å². The predicted molar refractivity (Wildman–Crippen MR) is 89.4 cm³/mol. The molecule has 1 aromatic heterocycles. The Labute approximate surface area is 134 Å². The van der Waals surface area contributed by atoms with E-state index in [1.807, 2.05) is 60.7 Å². The van der Waals surface area contributed by atoms with Crippen molar-refractivity contribution >= 4 is 12.4 Å². The molecule has 23 heavy (non-hydrogen) atoms. The summed E-state index contributed by atoms with van der Waals surface area (Å²) in [5, 5.41) is 18.2. The maximum absolute atomic E-state index is 9.45. The zero-order valence-corrected chi connectivity index (χ0v) is 12.5. The Morgan fingerprint density at radius 3 is 2.13 bits per heavy atom. The van der Waals surface area contributed by atoms with Crippen molar-refractivity contribution in [2.75, 3.05) is 0 Å². The Morgan fingerprint density at radius 2 is 1.52 bits per heavy atom. The largest absolute Gasteiger partial charge is 0.388 e. The minimum Gasteiger partial charge on any atom is -0.388 e. The van der Waals surface area contributed by atoms with Crippen LogP contribution < -0.4 is 4.68 Å². The van der Waals surface area contributed by atoms with Crippen molar-refractivity contribution in [3.63, 3.8) is 0 Å². The zero-order chi connectivity index (χ0) is 15.9. The highest BCUT2D eigenvalue weighted by molar-refractivity contribution is 5.79. The van der Waals surface area contributed by atoms with Gasteiger partial charge >= 0.3 is 0 Å². The first-order valence-electron chi connectivity index (χ1n) is 7.27. The Morgan fingerprint density at radius 1 is 0.913 bits per heavy atom. The molecule has 2 aromatic carbocycles. The van der Waals surface area contributed by atoms with Crippen molar-refractivity contribution in [2.45, 2.75) is 6.61 Å². The van der Waals surface area contributed by atoms with Gasteiger partial charge in [-0.05, 0) is 11.1 Å². The molecular weight excluding hydrogens is 288 g/mol. The highest BCUT2D eigenvalue weighted by Crippen LogP contribution is 2.00. The monoisotopic (exact) mass is 305 g/mol. The number of benzene rings is 2. The summed E-state index contributed by atoms with van der Waals surface area (Å²) >= 11 is 0. The molecule has 0 amide bonds. The molecule has 0 aliphatic rings. The van der Waals surface area contributed by atoms with E-state index in [0.29, 0.717) is 5.69 Å². The third-order valence-electron chi connectivity index (χ3n) is 3.24.